The van der Waals surface area contributed by atoms with Crippen molar-refractivity contribution in [2.45, 2.75) is 53.9 Å². The van der Waals surface area contributed by atoms with Crippen molar-refractivity contribution in [2.75, 3.05) is 4.93 Å². The lowest BCUT2D eigenvalue weighted by atomic mass is 9.89. The van der Waals surface area contributed by atoms with Gasteiger partial charge in [0.1, 0.15) is 11.5 Å². The minimum atomic E-state index is -0.304. The summed E-state index contributed by atoms with van der Waals surface area (Å²) in [4.78, 5) is 21.0. The summed E-state index contributed by atoms with van der Waals surface area (Å²) < 4.78 is 0. The van der Waals surface area contributed by atoms with Gasteiger partial charge in [0.25, 0.3) is 5.91 Å². The third kappa shape index (κ3) is 7.59. The Kier molecular flexibility index (Phi) is 12.2. The molecule has 1 aromatic rings. The summed E-state index contributed by atoms with van der Waals surface area (Å²) in [6.45, 7) is 9.94. The molecule has 1 atom stereocenters. The van der Waals surface area contributed by atoms with Crippen LogP contribution >= 0.6 is 22.6 Å². The highest BCUT2D eigenvalue weighted by Gasteiger charge is 2.16. The normalized spacial score (nSPS) is 16.2. The standard InChI is InChI=1S/C17H23N3O.C2H6.CH3I/c1-4-13-9-16(17(21)19-12(3)18)20-15(13)10-14-8-6-5-7-11(14)2;2*1-2/h5-6,8-9,11,20H,4,7,10H2,1-3H3,(H2,18,19,21);1-2H3;1H3. The number of H-pyrrole nitrogens is 1. The van der Waals surface area contributed by atoms with E-state index >= 15 is 0 Å². The SMILES string of the molecule is CC.CCc1cc(C(=O)N=C(C)N)[nH]c1CC1=CC=CCC1C.CI. The summed E-state index contributed by atoms with van der Waals surface area (Å²) in [5, 5.41) is 0. The average Bonchev–Trinajstić information content (AvgIpc) is 3.03. The van der Waals surface area contributed by atoms with E-state index in [1.54, 1.807) is 6.92 Å². The second-order valence-electron chi connectivity index (χ2n) is 5.58. The molecule has 1 aliphatic carbocycles. The van der Waals surface area contributed by atoms with E-state index in [0.717, 1.165) is 25.0 Å². The minimum absolute atomic E-state index is 0.281. The maximum Gasteiger partial charge on any atom is 0.295 e. The summed E-state index contributed by atoms with van der Waals surface area (Å²) in [6, 6.07) is 1.90. The van der Waals surface area contributed by atoms with Crippen molar-refractivity contribution in [1.29, 1.82) is 0 Å². The number of amides is 1. The number of hydrogen-bond acceptors (Lipinski definition) is 1. The second-order valence-corrected chi connectivity index (χ2v) is 5.58. The number of aromatic nitrogens is 1. The third-order valence-corrected chi connectivity index (χ3v) is 3.83. The number of allylic oxidation sites excluding steroid dienone is 4. The monoisotopic (exact) mass is 457 g/mol. The Bertz CT molecular complexity index is 623. The van der Waals surface area contributed by atoms with Crippen molar-refractivity contribution < 1.29 is 4.79 Å². The number of nitrogens with one attached hydrogen (secondary N) is 1. The summed E-state index contributed by atoms with van der Waals surface area (Å²) in [5.41, 5.74) is 9.67. The average molecular weight is 457 g/mol. The highest BCUT2D eigenvalue weighted by molar-refractivity contribution is 14.1. The first kappa shape index (κ1) is 23.6. The lowest BCUT2D eigenvalue weighted by molar-refractivity contribution is 0.0998. The molecule has 5 heteroatoms. The molecule has 1 unspecified atom stereocenters. The number of amidine groups is 1. The molecule has 0 fully saturated rings. The lowest BCUT2D eigenvalue weighted by Crippen LogP contribution is -2.09. The quantitative estimate of drug-likeness (QED) is 0.281. The molecule has 1 aliphatic rings. The highest BCUT2D eigenvalue weighted by Crippen LogP contribution is 2.25. The predicted molar refractivity (Wildman–Crippen MR) is 118 cm³/mol. The Morgan fingerprint density at radius 1 is 1.40 bits per heavy atom. The minimum Gasteiger partial charge on any atom is -0.387 e. The molecule has 0 saturated carbocycles. The number of carbonyl (C=O) groups is 1. The fourth-order valence-electron chi connectivity index (χ4n) is 2.58. The Balaban J connectivity index is 0.00000134. The molecule has 4 nitrogen and oxygen atoms in total. The molecule has 1 amide bonds. The molecule has 25 heavy (non-hydrogen) atoms. The van der Waals surface area contributed by atoms with Crippen LogP contribution in [0.1, 0.15) is 62.8 Å². The Labute approximate surface area is 166 Å². The second kappa shape index (κ2) is 12.9. The molecule has 140 valence electrons. The zero-order chi connectivity index (χ0) is 19.4. The molecule has 0 radical (unpaired) electrons. The molecule has 0 bridgehead atoms. The maximum atomic E-state index is 12.0. The lowest BCUT2D eigenvalue weighted by Gasteiger charge is -2.17. The van der Waals surface area contributed by atoms with Crippen molar-refractivity contribution in [2.24, 2.45) is 16.6 Å². The maximum absolute atomic E-state index is 12.0. The van der Waals surface area contributed by atoms with E-state index in [4.69, 9.17) is 5.73 Å². The number of carbonyl (C=O) groups excluding carboxylic acids is 1. The largest absolute Gasteiger partial charge is 0.387 e. The molecule has 0 aliphatic heterocycles. The van der Waals surface area contributed by atoms with E-state index in [1.165, 1.54) is 11.1 Å². The van der Waals surface area contributed by atoms with Crippen molar-refractivity contribution in [3.8, 4) is 0 Å². The van der Waals surface area contributed by atoms with Crippen LogP contribution in [0.3, 0.4) is 0 Å². The zero-order valence-electron chi connectivity index (χ0n) is 16.3. The number of aromatic amines is 1. The third-order valence-electron chi connectivity index (χ3n) is 3.83. The number of aryl methyl sites for hydroxylation is 1. The van der Waals surface area contributed by atoms with Crippen molar-refractivity contribution in [3.05, 3.63) is 46.8 Å². The fraction of sp³-hybridized carbons (Fsp3) is 0.500. The van der Waals surface area contributed by atoms with Crippen LogP contribution < -0.4 is 5.73 Å². The molecule has 0 aromatic carbocycles. The molecular weight excluding hydrogens is 425 g/mol. The van der Waals surface area contributed by atoms with Gasteiger partial charge in [-0.2, -0.15) is 4.99 Å². The van der Waals surface area contributed by atoms with Crippen LogP contribution in [0.25, 0.3) is 0 Å². The topological polar surface area (TPSA) is 71.2 Å². The van der Waals surface area contributed by atoms with Gasteiger partial charge in [0.2, 0.25) is 0 Å². The molecule has 3 N–H and O–H groups in total. The van der Waals surface area contributed by atoms with Crippen LogP contribution in [-0.4, -0.2) is 21.7 Å². The van der Waals surface area contributed by atoms with Gasteiger partial charge in [0, 0.05) is 12.1 Å². The molecule has 2 rings (SSSR count). The van der Waals surface area contributed by atoms with Gasteiger partial charge in [-0.1, -0.05) is 74.1 Å². The van der Waals surface area contributed by atoms with Crippen LogP contribution in [0.2, 0.25) is 0 Å². The Morgan fingerprint density at radius 2 is 2.04 bits per heavy atom. The van der Waals surface area contributed by atoms with Crippen LogP contribution in [0.15, 0.2) is 34.9 Å². The summed E-state index contributed by atoms with van der Waals surface area (Å²) in [6.07, 6.45) is 9.30. The smallest absolute Gasteiger partial charge is 0.295 e. The molecule has 1 aromatic heterocycles. The Hall–Kier alpha value is -1.37. The van der Waals surface area contributed by atoms with Gasteiger partial charge in [-0.05, 0) is 42.2 Å². The van der Waals surface area contributed by atoms with E-state index in [-0.39, 0.29) is 11.7 Å². The van der Waals surface area contributed by atoms with E-state index < -0.39 is 0 Å². The van der Waals surface area contributed by atoms with E-state index in [2.05, 4.69) is 64.6 Å². The number of alkyl halides is 1. The number of halogens is 1. The molecular formula is C20H32IN3O. The van der Waals surface area contributed by atoms with Gasteiger partial charge >= 0.3 is 0 Å². The van der Waals surface area contributed by atoms with E-state index in [1.807, 2.05) is 24.8 Å². The number of rotatable bonds is 4. The molecule has 0 saturated heterocycles. The number of aliphatic imine (C=N–C) groups is 1. The number of hydrogen-bond donors (Lipinski definition) is 2. The first-order valence-electron chi connectivity index (χ1n) is 8.80. The summed E-state index contributed by atoms with van der Waals surface area (Å²) in [5.74, 6) is 0.524. The van der Waals surface area contributed by atoms with Gasteiger partial charge in [-0.25, -0.2) is 0 Å². The van der Waals surface area contributed by atoms with E-state index in [9.17, 15) is 4.79 Å². The Morgan fingerprint density at radius 3 is 2.56 bits per heavy atom. The highest BCUT2D eigenvalue weighted by atomic mass is 127. The van der Waals surface area contributed by atoms with Crippen LogP contribution in [0.4, 0.5) is 0 Å². The zero-order valence-corrected chi connectivity index (χ0v) is 18.5. The van der Waals surface area contributed by atoms with Crippen LogP contribution in [-0.2, 0) is 12.8 Å². The number of nitrogens with two attached hydrogens (primary N) is 1. The molecule has 1 heterocycles. The van der Waals surface area contributed by atoms with Crippen LogP contribution in [0.5, 0.6) is 0 Å². The van der Waals surface area contributed by atoms with Crippen molar-refractivity contribution in [3.63, 3.8) is 0 Å². The molecule has 0 spiro atoms. The van der Waals surface area contributed by atoms with E-state index in [0.29, 0.717) is 11.6 Å². The van der Waals surface area contributed by atoms with Gasteiger partial charge in [0.05, 0.1) is 0 Å². The summed E-state index contributed by atoms with van der Waals surface area (Å²) in [7, 11) is 0. The van der Waals surface area contributed by atoms with Gasteiger partial charge < -0.3 is 10.7 Å². The van der Waals surface area contributed by atoms with Gasteiger partial charge in [0.15, 0.2) is 0 Å². The van der Waals surface area contributed by atoms with Crippen molar-refractivity contribution in [1.82, 2.24) is 4.98 Å². The fourth-order valence-corrected chi connectivity index (χ4v) is 2.58. The summed E-state index contributed by atoms with van der Waals surface area (Å²) >= 11 is 2.15. The van der Waals surface area contributed by atoms with Crippen molar-refractivity contribution >= 4 is 34.3 Å². The first-order chi connectivity index (χ1) is 12.0. The predicted octanol–water partition coefficient (Wildman–Crippen LogP) is 5.24. The van der Waals surface area contributed by atoms with Gasteiger partial charge in [-0.3, -0.25) is 4.79 Å². The van der Waals surface area contributed by atoms with Gasteiger partial charge in [-0.15, -0.1) is 0 Å². The number of nitrogens with zero attached hydrogens (tertiary/aromatic N) is 1. The van der Waals surface area contributed by atoms with Crippen LogP contribution in [0, 0.1) is 5.92 Å². The first-order valence-corrected chi connectivity index (χ1v) is 11.0.